The summed E-state index contributed by atoms with van der Waals surface area (Å²) >= 11 is 3.17. The molecule has 0 fully saturated rings. The topological polar surface area (TPSA) is 0 Å². The van der Waals surface area contributed by atoms with Crippen LogP contribution in [0.1, 0.15) is 0 Å². The van der Waals surface area contributed by atoms with E-state index in [-0.39, 0.29) is 178 Å². The number of rotatable bonds is 0. The quantitative estimate of drug-likeness (QED) is 0.327. The van der Waals surface area contributed by atoms with E-state index in [9.17, 15) is 0 Å². The molecule has 0 saturated heterocycles. The summed E-state index contributed by atoms with van der Waals surface area (Å²) in [7, 11) is 2.17. The van der Waals surface area contributed by atoms with E-state index in [1.165, 1.54) is 0 Å². The molecule has 0 rings (SSSR count). The van der Waals surface area contributed by atoms with Gasteiger partial charge in [0, 0.05) is 36.5 Å². The van der Waals surface area contributed by atoms with Gasteiger partial charge in [-0.15, -0.1) is 0 Å². The minimum atomic E-state index is 0. The van der Waals surface area contributed by atoms with Crippen LogP contribution in [0.25, 0.3) is 0 Å². The normalized spacial score (nSPS) is 0.750. The molecule has 0 nitrogen and oxygen atoms in total. The van der Waals surface area contributed by atoms with Gasteiger partial charge in [-0.3, -0.25) is 0 Å². The van der Waals surface area contributed by atoms with Crippen LogP contribution in [0.15, 0.2) is 0 Å². The SMILES string of the molecule is [CaH2].[Cu].[KH].[MgH2].[NaH].[PH2][Fe].[Zn]. The Morgan fingerprint density at radius 1 is 1.12 bits per heavy atom. The summed E-state index contributed by atoms with van der Waals surface area (Å²) in [4.78, 5) is 0. The Morgan fingerprint density at radius 3 is 1.12 bits per heavy atom. The molecule has 40 valence electrons. The van der Waals surface area contributed by atoms with Crippen LogP contribution in [-0.2, 0) is 52.1 Å². The fourth-order valence-corrected chi connectivity index (χ4v) is 0. The standard InChI is InChI=1S/Ca.Cu.Fe.K.Mg.Na.H2P.Zn.6H/h;;;;;;1H2;;;;;;;/q;;+1;;;;-1;;;;;;;. The van der Waals surface area contributed by atoms with E-state index in [0.29, 0.717) is 0 Å². The molecule has 0 aliphatic rings. The summed E-state index contributed by atoms with van der Waals surface area (Å²) in [6.07, 6.45) is 0. The monoisotopic (exact) mass is 348 g/mol. The van der Waals surface area contributed by atoms with E-state index < -0.39 is 0 Å². The van der Waals surface area contributed by atoms with Gasteiger partial charge < -0.3 is 0 Å². The molecule has 0 spiro atoms. The Morgan fingerprint density at radius 2 is 1.12 bits per heavy atom. The van der Waals surface area contributed by atoms with Gasteiger partial charge in [-0.05, 0) is 0 Å². The summed E-state index contributed by atoms with van der Waals surface area (Å²) in [5, 5.41) is 0. The predicted molar refractivity (Wildman–Crippen MR) is 41.1 cm³/mol. The van der Waals surface area contributed by atoms with Crippen molar-refractivity contribution in [2.45, 2.75) is 0 Å². The molecule has 8 heavy (non-hydrogen) atoms. The van der Waals surface area contributed by atoms with Crippen molar-refractivity contribution in [3.05, 3.63) is 0 Å². The average molecular weight is 350 g/mol. The first-order valence-electron chi connectivity index (χ1n) is 0.204. The molecule has 1 atom stereocenters. The van der Waals surface area contributed by atoms with Crippen LogP contribution in [0.5, 0.6) is 0 Å². The maximum absolute atomic E-state index is 3.17. The van der Waals surface area contributed by atoms with Gasteiger partial charge in [0.05, 0.1) is 0 Å². The van der Waals surface area contributed by atoms with Crippen molar-refractivity contribution >= 4 is 150 Å². The van der Waals surface area contributed by atoms with Crippen molar-refractivity contribution in [3.8, 4) is 0 Å². The van der Waals surface area contributed by atoms with E-state index in [2.05, 4.69) is 23.5 Å². The zero-order valence-electron chi connectivity index (χ0n) is 1.94. The molecular formula is H8CaCuFeKMgNaPZn. The largest absolute Gasteiger partial charge is 0 e. The fourth-order valence-electron chi connectivity index (χ4n) is 0. The first kappa shape index (κ1) is 46.4. The third-order valence-corrected chi connectivity index (χ3v) is 0. The third kappa shape index (κ3) is 38.6. The molecule has 0 aromatic carbocycles. The summed E-state index contributed by atoms with van der Waals surface area (Å²) in [5.41, 5.74) is 0. The molecule has 0 aromatic heterocycles. The molecule has 0 aliphatic carbocycles. The van der Waals surface area contributed by atoms with E-state index >= 15 is 0 Å². The van der Waals surface area contributed by atoms with E-state index in [0.717, 1.165) is 0 Å². The molecule has 8 heteroatoms. The Balaban J connectivity index is -0.000000000333. The molecule has 0 amide bonds. The van der Waals surface area contributed by atoms with Gasteiger partial charge in [0.15, 0.2) is 0 Å². The maximum Gasteiger partial charge on any atom is 0 e. The van der Waals surface area contributed by atoms with Crippen molar-refractivity contribution < 1.29 is 52.1 Å². The third-order valence-electron chi connectivity index (χ3n) is 0. The van der Waals surface area contributed by atoms with E-state index in [4.69, 9.17) is 0 Å². The van der Waals surface area contributed by atoms with Gasteiger partial charge >= 0.3 is 165 Å². The second-order valence-electron chi connectivity index (χ2n) is 0. The maximum atomic E-state index is 3.17. The van der Waals surface area contributed by atoms with Crippen molar-refractivity contribution in [2.75, 3.05) is 0 Å². The molecule has 0 bridgehead atoms. The second kappa shape index (κ2) is 49.0. The molecule has 1 radical (unpaired) electrons. The smallest absolute Gasteiger partial charge is 0 e. The Kier molecular flexibility index (Phi) is 285. The van der Waals surface area contributed by atoms with Gasteiger partial charge in [-0.25, -0.2) is 0 Å². The van der Waals surface area contributed by atoms with Crippen LogP contribution in [0, 0.1) is 0 Å². The van der Waals surface area contributed by atoms with Gasteiger partial charge in [0.1, 0.15) is 0 Å². The fraction of sp³-hybridized carbons (Fsp3) is 0. The summed E-state index contributed by atoms with van der Waals surface area (Å²) in [5.74, 6) is 0. The van der Waals surface area contributed by atoms with Crippen molar-refractivity contribution in [2.24, 2.45) is 0 Å². The van der Waals surface area contributed by atoms with Crippen molar-refractivity contribution in [1.29, 1.82) is 0 Å². The zero-order valence-corrected chi connectivity index (χ0v) is 8.11. The molecule has 1 unspecified atom stereocenters. The Bertz CT molecular complexity index is 24.0. The van der Waals surface area contributed by atoms with Crippen LogP contribution in [0.3, 0.4) is 0 Å². The minimum absolute atomic E-state index is 0. The van der Waals surface area contributed by atoms with Gasteiger partial charge in [0.2, 0.25) is 0 Å². The minimum Gasteiger partial charge on any atom is 0 e. The Hall–Kier alpha value is 6.75. The number of hydrogen-bond acceptors (Lipinski definition) is 0. The first-order chi connectivity index (χ1) is 1.00. The van der Waals surface area contributed by atoms with Crippen LogP contribution in [0.4, 0.5) is 0 Å². The second-order valence-corrected chi connectivity index (χ2v) is 0. The molecule has 0 N–H and O–H groups in total. The Labute approximate surface area is 195 Å². The molecule has 0 aromatic rings. The van der Waals surface area contributed by atoms with Gasteiger partial charge in [-0.1, -0.05) is 0 Å². The summed E-state index contributed by atoms with van der Waals surface area (Å²) in [6.45, 7) is 0. The number of hydrogen-bond donors (Lipinski definition) is 0. The predicted octanol–water partition coefficient (Wildman–Crippen LogP) is -2.81. The van der Waals surface area contributed by atoms with Crippen LogP contribution in [0.2, 0.25) is 0 Å². The van der Waals surface area contributed by atoms with Crippen LogP contribution < -0.4 is 0 Å². The van der Waals surface area contributed by atoms with Crippen molar-refractivity contribution in [3.63, 3.8) is 0 Å². The average Bonchev–Trinajstić information content (AvgIpc) is 1.00. The van der Waals surface area contributed by atoms with E-state index in [1.54, 1.807) is 0 Å². The van der Waals surface area contributed by atoms with Gasteiger partial charge in [-0.2, -0.15) is 0 Å². The summed E-state index contributed by atoms with van der Waals surface area (Å²) < 4.78 is 0. The van der Waals surface area contributed by atoms with Crippen molar-refractivity contribution in [1.82, 2.24) is 0 Å². The summed E-state index contributed by atoms with van der Waals surface area (Å²) in [6, 6.07) is 0. The van der Waals surface area contributed by atoms with Crippen LogP contribution in [-0.4, -0.2) is 142 Å². The van der Waals surface area contributed by atoms with Gasteiger partial charge in [0.25, 0.3) is 0 Å². The molecule has 0 aliphatic heterocycles. The first-order valence-corrected chi connectivity index (χ1v) is 2.52. The molecular weight excluding hydrogens is 342 g/mol. The zero-order chi connectivity index (χ0) is 2.00. The van der Waals surface area contributed by atoms with Crippen LogP contribution >= 0.6 is 7.93 Å². The molecule has 0 saturated carbocycles. The van der Waals surface area contributed by atoms with E-state index in [1.807, 2.05) is 0 Å². The molecule has 0 heterocycles.